The van der Waals surface area contributed by atoms with E-state index in [9.17, 15) is 4.79 Å². The molecular formula is C13H14N4O2. The second kappa shape index (κ2) is 4.74. The van der Waals surface area contributed by atoms with E-state index >= 15 is 0 Å². The van der Waals surface area contributed by atoms with Gasteiger partial charge in [-0.05, 0) is 24.7 Å². The standard InChI is InChI=1S/C13H14N4O2/c1-2-14-7-12-15-6-10(16-12)8-3-4-11-9(5-8)17-13(18)19-11/h3-6,14H,2,7H2,1H3,(H,15,16)(H,17,18). The SMILES string of the molecule is CCNCc1ncc(-c2ccc3oc(=O)[nH]c3c2)[nH]1. The predicted molar refractivity (Wildman–Crippen MR) is 71.8 cm³/mol. The molecule has 0 amide bonds. The van der Waals surface area contributed by atoms with Gasteiger partial charge in [-0.25, -0.2) is 9.78 Å². The number of hydrogen-bond acceptors (Lipinski definition) is 4. The summed E-state index contributed by atoms with van der Waals surface area (Å²) in [6.45, 7) is 3.66. The molecule has 0 unspecified atom stereocenters. The Morgan fingerprint density at radius 1 is 1.37 bits per heavy atom. The molecule has 3 N–H and O–H groups in total. The fourth-order valence-corrected chi connectivity index (χ4v) is 1.96. The lowest BCUT2D eigenvalue weighted by Crippen LogP contribution is -2.12. The number of H-pyrrole nitrogens is 2. The lowest BCUT2D eigenvalue weighted by atomic mass is 10.1. The van der Waals surface area contributed by atoms with Crippen molar-refractivity contribution < 1.29 is 4.42 Å². The van der Waals surface area contributed by atoms with Crippen molar-refractivity contribution in [3.63, 3.8) is 0 Å². The lowest BCUT2D eigenvalue weighted by Gasteiger charge is -1.98. The molecule has 0 fully saturated rings. The molecule has 19 heavy (non-hydrogen) atoms. The van der Waals surface area contributed by atoms with E-state index < -0.39 is 5.76 Å². The zero-order valence-corrected chi connectivity index (χ0v) is 10.5. The molecule has 2 aromatic heterocycles. The normalized spacial score (nSPS) is 11.2. The molecule has 0 atom stereocenters. The van der Waals surface area contributed by atoms with E-state index in [-0.39, 0.29) is 0 Å². The third kappa shape index (κ3) is 2.30. The summed E-state index contributed by atoms with van der Waals surface area (Å²) in [4.78, 5) is 21.3. The number of imidazole rings is 1. The van der Waals surface area contributed by atoms with Gasteiger partial charge in [0.05, 0.1) is 24.0 Å². The first-order valence-corrected chi connectivity index (χ1v) is 6.14. The van der Waals surface area contributed by atoms with Gasteiger partial charge in [0.25, 0.3) is 0 Å². The van der Waals surface area contributed by atoms with Crippen molar-refractivity contribution in [3.8, 4) is 11.3 Å². The maximum atomic E-state index is 11.1. The molecule has 2 heterocycles. The minimum atomic E-state index is -0.440. The topological polar surface area (TPSA) is 86.7 Å². The molecule has 0 aliphatic heterocycles. The molecule has 0 radical (unpaired) electrons. The van der Waals surface area contributed by atoms with Crippen LogP contribution in [0.2, 0.25) is 0 Å². The summed E-state index contributed by atoms with van der Waals surface area (Å²) in [6, 6.07) is 5.53. The van der Waals surface area contributed by atoms with Crippen LogP contribution in [0.25, 0.3) is 22.4 Å². The van der Waals surface area contributed by atoms with Gasteiger partial charge < -0.3 is 14.7 Å². The summed E-state index contributed by atoms with van der Waals surface area (Å²) >= 11 is 0. The molecule has 3 rings (SSSR count). The monoisotopic (exact) mass is 258 g/mol. The number of fused-ring (bicyclic) bond motifs is 1. The average Bonchev–Trinajstić information content (AvgIpc) is 3.00. The van der Waals surface area contributed by atoms with Gasteiger partial charge in [0.1, 0.15) is 5.82 Å². The number of hydrogen-bond donors (Lipinski definition) is 3. The van der Waals surface area contributed by atoms with Gasteiger partial charge in [-0.2, -0.15) is 0 Å². The molecule has 6 nitrogen and oxygen atoms in total. The number of aromatic amines is 2. The van der Waals surface area contributed by atoms with E-state index in [1.807, 2.05) is 19.1 Å². The Balaban J connectivity index is 1.94. The summed E-state index contributed by atoms with van der Waals surface area (Å²) in [5, 5.41) is 3.21. The van der Waals surface area contributed by atoms with Crippen LogP contribution in [0.5, 0.6) is 0 Å². The van der Waals surface area contributed by atoms with Crippen LogP contribution in [0.4, 0.5) is 0 Å². The maximum absolute atomic E-state index is 11.1. The molecular weight excluding hydrogens is 244 g/mol. The van der Waals surface area contributed by atoms with E-state index in [2.05, 4.69) is 20.3 Å². The van der Waals surface area contributed by atoms with E-state index in [1.54, 1.807) is 12.3 Å². The minimum absolute atomic E-state index is 0.440. The summed E-state index contributed by atoms with van der Waals surface area (Å²) < 4.78 is 4.97. The van der Waals surface area contributed by atoms with Crippen molar-refractivity contribution in [2.24, 2.45) is 0 Å². The van der Waals surface area contributed by atoms with Crippen LogP contribution in [0.3, 0.4) is 0 Å². The van der Waals surface area contributed by atoms with Crippen LogP contribution in [0, 0.1) is 0 Å². The van der Waals surface area contributed by atoms with Gasteiger partial charge in [0, 0.05) is 5.56 Å². The van der Waals surface area contributed by atoms with Gasteiger partial charge >= 0.3 is 5.76 Å². The smallest absolute Gasteiger partial charge is 0.408 e. The van der Waals surface area contributed by atoms with Crippen LogP contribution in [0.15, 0.2) is 33.6 Å². The van der Waals surface area contributed by atoms with Crippen LogP contribution in [-0.4, -0.2) is 21.5 Å². The quantitative estimate of drug-likeness (QED) is 0.663. The molecule has 3 aromatic rings. The Morgan fingerprint density at radius 2 is 2.26 bits per heavy atom. The van der Waals surface area contributed by atoms with Gasteiger partial charge in [-0.3, -0.25) is 4.98 Å². The van der Waals surface area contributed by atoms with Crippen LogP contribution in [0.1, 0.15) is 12.7 Å². The van der Waals surface area contributed by atoms with Crippen molar-refractivity contribution in [2.75, 3.05) is 6.54 Å². The van der Waals surface area contributed by atoms with Crippen molar-refractivity contribution in [1.82, 2.24) is 20.3 Å². The Morgan fingerprint density at radius 3 is 3.11 bits per heavy atom. The number of nitrogens with one attached hydrogen (secondary N) is 3. The summed E-state index contributed by atoms with van der Waals surface area (Å²) in [5.41, 5.74) is 3.11. The highest BCUT2D eigenvalue weighted by atomic mass is 16.4. The number of aromatic nitrogens is 3. The van der Waals surface area contributed by atoms with Crippen molar-refractivity contribution in [2.45, 2.75) is 13.5 Å². The maximum Gasteiger partial charge on any atom is 0.417 e. The molecule has 0 saturated heterocycles. The van der Waals surface area contributed by atoms with Gasteiger partial charge in [0.15, 0.2) is 5.58 Å². The summed E-state index contributed by atoms with van der Waals surface area (Å²) in [7, 11) is 0. The van der Waals surface area contributed by atoms with Crippen LogP contribution in [-0.2, 0) is 6.54 Å². The van der Waals surface area contributed by atoms with E-state index in [0.29, 0.717) is 17.6 Å². The van der Waals surface area contributed by atoms with Crippen molar-refractivity contribution in [1.29, 1.82) is 0 Å². The Labute approximate surface area is 108 Å². The summed E-state index contributed by atoms with van der Waals surface area (Å²) in [5.74, 6) is 0.447. The fraction of sp³-hybridized carbons (Fsp3) is 0.231. The molecule has 98 valence electrons. The predicted octanol–water partition coefficient (Wildman–Crippen LogP) is 1.62. The van der Waals surface area contributed by atoms with Gasteiger partial charge in [0.2, 0.25) is 0 Å². The first-order chi connectivity index (χ1) is 9.26. The van der Waals surface area contributed by atoms with Crippen LogP contribution >= 0.6 is 0 Å². The van der Waals surface area contributed by atoms with Crippen molar-refractivity contribution in [3.05, 3.63) is 40.8 Å². The van der Waals surface area contributed by atoms with Gasteiger partial charge in [-0.1, -0.05) is 6.92 Å². The highest BCUT2D eigenvalue weighted by Crippen LogP contribution is 2.21. The molecule has 0 aliphatic rings. The zero-order valence-electron chi connectivity index (χ0n) is 10.5. The fourth-order valence-electron chi connectivity index (χ4n) is 1.96. The minimum Gasteiger partial charge on any atom is -0.408 e. The Kier molecular flexibility index (Phi) is 2.92. The highest BCUT2D eigenvalue weighted by Gasteiger charge is 2.06. The third-order valence-corrected chi connectivity index (χ3v) is 2.90. The van der Waals surface area contributed by atoms with Crippen LogP contribution < -0.4 is 11.1 Å². The molecule has 0 saturated carbocycles. The molecule has 6 heteroatoms. The van der Waals surface area contributed by atoms with E-state index in [1.165, 1.54) is 0 Å². The molecule has 0 bridgehead atoms. The number of nitrogens with zero attached hydrogens (tertiary/aromatic N) is 1. The highest BCUT2D eigenvalue weighted by molar-refractivity contribution is 5.78. The first kappa shape index (κ1) is 11.7. The van der Waals surface area contributed by atoms with Gasteiger partial charge in [-0.15, -0.1) is 0 Å². The Hall–Kier alpha value is -2.34. The Bertz CT molecular complexity index is 753. The van der Waals surface area contributed by atoms with Crippen molar-refractivity contribution >= 4 is 11.1 Å². The third-order valence-electron chi connectivity index (χ3n) is 2.90. The number of oxazole rings is 1. The number of benzene rings is 1. The average molecular weight is 258 g/mol. The van der Waals surface area contributed by atoms with E-state index in [0.717, 1.165) is 23.6 Å². The summed E-state index contributed by atoms with van der Waals surface area (Å²) in [6.07, 6.45) is 1.78. The second-order valence-electron chi connectivity index (χ2n) is 4.25. The van der Waals surface area contributed by atoms with E-state index in [4.69, 9.17) is 4.42 Å². The second-order valence-corrected chi connectivity index (χ2v) is 4.25. The largest absolute Gasteiger partial charge is 0.417 e. The zero-order chi connectivity index (χ0) is 13.2. The first-order valence-electron chi connectivity index (χ1n) is 6.14. The number of rotatable bonds is 4. The molecule has 0 aliphatic carbocycles. The molecule has 0 spiro atoms. The molecule has 1 aromatic carbocycles. The lowest BCUT2D eigenvalue weighted by molar-refractivity contribution is 0.555.